The fourth-order valence-corrected chi connectivity index (χ4v) is 4.40. The summed E-state index contributed by atoms with van der Waals surface area (Å²) in [6.45, 7) is 10.9. The summed E-state index contributed by atoms with van der Waals surface area (Å²) in [6.07, 6.45) is 7.93. The van der Waals surface area contributed by atoms with Crippen LogP contribution in [0.1, 0.15) is 40.2 Å². The number of hydrogen-bond acceptors (Lipinski definition) is 4. The normalized spacial score (nSPS) is 22.5. The molecule has 26 heavy (non-hydrogen) atoms. The molecule has 1 aromatic heterocycles. The largest absolute Gasteiger partial charge is 0.357 e. The molecule has 1 saturated heterocycles. The predicted molar refractivity (Wildman–Crippen MR) is 105 cm³/mol. The van der Waals surface area contributed by atoms with Gasteiger partial charge in [-0.1, -0.05) is 6.92 Å². The molecule has 9 heteroatoms. The number of aromatic nitrogens is 2. The van der Waals surface area contributed by atoms with Gasteiger partial charge >= 0.3 is 0 Å². The lowest BCUT2D eigenvalue weighted by atomic mass is 9.93. The van der Waals surface area contributed by atoms with Crippen LogP contribution in [-0.4, -0.2) is 66.8 Å². The Balaban J connectivity index is 2.12. The summed E-state index contributed by atoms with van der Waals surface area (Å²) in [5.74, 6) is 1.39. The number of hydrogen-bond donors (Lipinski definition) is 2. The minimum atomic E-state index is -3.28. The van der Waals surface area contributed by atoms with Gasteiger partial charge < -0.3 is 14.8 Å². The SMILES string of the molecule is CCNC(=NCC(C)(C)NS(C)(=O)=O)N1CCC(C)C(n2ccnc2)C1. The second-order valence-corrected chi connectivity index (χ2v) is 9.47. The molecule has 0 saturated carbocycles. The Labute approximate surface area is 157 Å². The Morgan fingerprint density at radius 3 is 2.73 bits per heavy atom. The van der Waals surface area contributed by atoms with Crippen molar-refractivity contribution in [2.45, 2.75) is 45.7 Å². The van der Waals surface area contributed by atoms with E-state index >= 15 is 0 Å². The monoisotopic (exact) mass is 384 g/mol. The average molecular weight is 385 g/mol. The van der Waals surface area contributed by atoms with Crippen molar-refractivity contribution in [3.8, 4) is 0 Å². The predicted octanol–water partition coefficient (Wildman–Crippen LogP) is 1.06. The fraction of sp³-hybridized carbons (Fsp3) is 0.765. The Morgan fingerprint density at radius 2 is 2.15 bits per heavy atom. The minimum Gasteiger partial charge on any atom is -0.357 e. The molecule has 8 nitrogen and oxygen atoms in total. The molecule has 2 unspecified atom stereocenters. The van der Waals surface area contributed by atoms with Crippen LogP contribution in [0.4, 0.5) is 0 Å². The van der Waals surface area contributed by atoms with Crippen LogP contribution in [0.5, 0.6) is 0 Å². The molecule has 2 N–H and O–H groups in total. The van der Waals surface area contributed by atoms with E-state index in [-0.39, 0.29) is 0 Å². The van der Waals surface area contributed by atoms with Gasteiger partial charge in [0, 0.05) is 37.6 Å². The molecule has 2 atom stereocenters. The lowest BCUT2D eigenvalue weighted by Gasteiger charge is -2.39. The zero-order valence-electron chi connectivity index (χ0n) is 16.4. The Morgan fingerprint density at radius 1 is 1.42 bits per heavy atom. The molecule has 1 aliphatic heterocycles. The van der Waals surface area contributed by atoms with E-state index in [1.54, 1.807) is 0 Å². The number of likely N-dealkylation sites (tertiary alicyclic amines) is 1. The third-order valence-electron chi connectivity index (χ3n) is 4.55. The standard InChI is InChI=1S/C17H32N6O2S/c1-6-19-16(20-12-17(3,4)21-26(5,24)25)22-9-7-14(2)15(11-22)23-10-8-18-13-23/h8,10,13-15,21H,6-7,9,11-12H2,1-5H3,(H,19,20). The van der Waals surface area contributed by atoms with E-state index < -0.39 is 15.6 Å². The van der Waals surface area contributed by atoms with E-state index in [0.717, 1.165) is 32.0 Å². The third kappa shape index (κ3) is 5.98. The van der Waals surface area contributed by atoms with Crippen molar-refractivity contribution in [1.82, 2.24) is 24.5 Å². The molecular formula is C17H32N6O2S. The van der Waals surface area contributed by atoms with Gasteiger partial charge in [-0.05, 0) is 33.1 Å². The highest BCUT2D eigenvalue weighted by molar-refractivity contribution is 7.88. The summed E-state index contributed by atoms with van der Waals surface area (Å²) in [5.41, 5.74) is -0.638. The number of aliphatic imine (C=N–C) groups is 1. The Kier molecular flexibility index (Phi) is 6.68. The Hall–Kier alpha value is -1.61. The number of piperidine rings is 1. The van der Waals surface area contributed by atoms with E-state index in [4.69, 9.17) is 4.99 Å². The van der Waals surface area contributed by atoms with Crippen LogP contribution >= 0.6 is 0 Å². The highest BCUT2D eigenvalue weighted by Crippen LogP contribution is 2.27. The van der Waals surface area contributed by atoms with Crippen LogP contribution in [0, 0.1) is 5.92 Å². The van der Waals surface area contributed by atoms with Crippen molar-refractivity contribution in [3.05, 3.63) is 18.7 Å². The summed E-state index contributed by atoms with van der Waals surface area (Å²) < 4.78 is 27.9. The van der Waals surface area contributed by atoms with E-state index in [2.05, 4.69) is 31.4 Å². The highest BCUT2D eigenvalue weighted by atomic mass is 32.2. The summed E-state index contributed by atoms with van der Waals surface area (Å²) in [6, 6.07) is 0.345. The number of imidazole rings is 1. The van der Waals surface area contributed by atoms with Gasteiger partial charge in [0.2, 0.25) is 10.0 Å². The smallest absolute Gasteiger partial charge is 0.209 e. The lowest BCUT2D eigenvalue weighted by molar-refractivity contribution is 0.188. The van der Waals surface area contributed by atoms with E-state index in [0.29, 0.717) is 18.5 Å². The van der Waals surface area contributed by atoms with E-state index in [9.17, 15) is 8.42 Å². The summed E-state index contributed by atoms with van der Waals surface area (Å²) >= 11 is 0. The molecule has 1 aromatic rings. The van der Waals surface area contributed by atoms with Crippen LogP contribution in [0.25, 0.3) is 0 Å². The summed E-state index contributed by atoms with van der Waals surface area (Å²) in [7, 11) is -3.28. The van der Waals surface area contributed by atoms with E-state index in [1.807, 2.05) is 39.5 Å². The molecule has 0 radical (unpaired) electrons. The molecule has 0 spiro atoms. The molecular weight excluding hydrogens is 352 g/mol. The molecule has 1 aliphatic rings. The maximum absolute atomic E-state index is 11.5. The first kappa shape index (κ1) is 20.7. The highest BCUT2D eigenvalue weighted by Gasteiger charge is 2.29. The zero-order valence-corrected chi connectivity index (χ0v) is 17.3. The molecule has 1 fully saturated rings. The van der Waals surface area contributed by atoms with Gasteiger partial charge in [0.25, 0.3) is 0 Å². The van der Waals surface area contributed by atoms with Gasteiger partial charge in [0.15, 0.2) is 5.96 Å². The third-order valence-corrected chi connectivity index (χ3v) is 5.47. The van der Waals surface area contributed by atoms with Crippen molar-refractivity contribution in [2.75, 3.05) is 32.4 Å². The van der Waals surface area contributed by atoms with Gasteiger partial charge in [-0.25, -0.2) is 18.1 Å². The van der Waals surface area contributed by atoms with Crippen LogP contribution in [0.3, 0.4) is 0 Å². The molecule has 0 aromatic carbocycles. The second-order valence-electron chi connectivity index (χ2n) is 7.72. The van der Waals surface area contributed by atoms with Crippen molar-refractivity contribution < 1.29 is 8.42 Å². The molecule has 148 valence electrons. The number of sulfonamides is 1. The second kappa shape index (κ2) is 8.39. The summed E-state index contributed by atoms with van der Waals surface area (Å²) in [5, 5.41) is 3.34. The number of nitrogens with zero attached hydrogens (tertiary/aromatic N) is 4. The van der Waals surface area contributed by atoms with Gasteiger partial charge in [-0.3, -0.25) is 4.99 Å². The first-order valence-electron chi connectivity index (χ1n) is 9.11. The topological polar surface area (TPSA) is 91.6 Å². The van der Waals surface area contributed by atoms with Gasteiger partial charge in [0.1, 0.15) is 0 Å². The van der Waals surface area contributed by atoms with Crippen molar-refractivity contribution in [2.24, 2.45) is 10.9 Å². The number of guanidine groups is 1. The van der Waals surface area contributed by atoms with Crippen LogP contribution in [0.2, 0.25) is 0 Å². The summed E-state index contributed by atoms with van der Waals surface area (Å²) in [4.78, 5) is 11.1. The fourth-order valence-electron chi connectivity index (χ4n) is 3.33. The molecule has 0 bridgehead atoms. The molecule has 2 heterocycles. The van der Waals surface area contributed by atoms with E-state index in [1.165, 1.54) is 6.26 Å². The quantitative estimate of drug-likeness (QED) is 0.565. The van der Waals surface area contributed by atoms with Crippen molar-refractivity contribution in [1.29, 1.82) is 0 Å². The van der Waals surface area contributed by atoms with Crippen LogP contribution in [-0.2, 0) is 10.0 Å². The van der Waals surface area contributed by atoms with Gasteiger partial charge in [-0.2, -0.15) is 0 Å². The van der Waals surface area contributed by atoms with Crippen molar-refractivity contribution in [3.63, 3.8) is 0 Å². The maximum Gasteiger partial charge on any atom is 0.209 e. The molecule has 0 aliphatic carbocycles. The minimum absolute atomic E-state index is 0.345. The number of nitrogens with one attached hydrogen (secondary N) is 2. The maximum atomic E-state index is 11.5. The zero-order chi connectivity index (χ0) is 19.4. The van der Waals surface area contributed by atoms with Gasteiger partial charge in [0.05, 0.1) is 25.2 Å². The average Bonchev–Trinajstić information content (AvgIpc) is 3.04. The van der Waals surface area contributed by atoms with Crippen molar-refractivity contribution >= 4 is 16.0 Å². The lowest BCUT2D eigenvalue weighted by Crippen LogP contribution is -2.50. The number of rotatable bonds is 6. The van der Waals surface area contributed by atoms with Crippen LogP contribution < -0.4 is 10.0 Å². The molecule has 0 amide bonds. The van der Waals surface area contributed by atoms with Crippen LogP contribution in [0.15, 0.2) is 23.7 Å². The first-order valence-corrected chi connectivity index (χ1v) is 11.0. The Bertz CT molecular complexity index is 699. The molecule has 2 rings (SSSR count). The first-order chi connectivity index (χ1) is 12.1. The van der Waals surface area contributed by atoms with Gasteiger partial charge in [-0.15, -0.1) is 0 Å².